The van der Waals surface area contributed by atoms with Gasteiger partial charge in [0.25, 0.3) is 0 Å². The van der Waals surface area contributed by atoms with Crippen molar-refractivity contribution in [2.24, 2.45) is 0 Å². The molecule has 0 aliphatic carbocycles. The second-order valence-corrected chi connectivity index (χ2v) is 22.7. The number of allylic oxidation sites excluding steroid dienone is 18. The first-order valence-corrected chi connectivity index (χ1v) is 34.4. The summed E-state index contributed by atoms with van der Waals surface area (Å²) in [6.45, 7) is 6.36. The molecule has 6 heteroatoms. The molecule has 0 amide bonds. The maximum Gasteiger partial charge on any atom is 0.306 e. The molecule has 1 unspecified atom stereocenters. The first-order valence-electron chi connectivity index (χ1n) is 34.4. The Labute approximate surface area is 501 Å². The Morgan fingerprint density at radius 1 is 0.259 bits per heavy atom. The van der Waals surface area contributed by atoms with Gasteiger partial charge < -0.3 is 14.2 Å². The summed E-state index contributed by atoms with van der Waals surface area (Å²) in [5.41, 5.74) is 0. The fourth-order valence-corrected chi connectivity index (χ4v) is 9.72. The molecule has 0 aromatic carbocycles. The van der Waals surface area contributed by atoms with Crippen LogP contribution in [0, 0.1) is 0 Å². The fourth-order valence-electron chi connectivity index (χ4n) is 9.72. The molecule has 464 valence electrons. The predicted molar refractivity (Wildman–Crippen MR) is 353 cm³/mol. The summed E-state index contributed by atoms with van der Waals surface area (Å²) in [6, 6.07) is 0. The van der Waals surface area contributed by atoms with E-state index < -0.39 is 12.1 Å². The van der Waals surface area contributed by atoms with E-state index in [1.807, 2.05) is 6.08 Å². The largest absolute Gasteiger partial charge is 0.462 e. The van der Waals surface area contributed by atoms with Crippen LogP contribution in [0.25, 0.3) is 0 Å². The van der Waals surface area contributed by atoms with E-state index in [1.54, 1.807) is 0 Å². The zero-order valence-electron chi connectivity index (χ0n) is 53.3. The minimum Gasteiger partial charge on any atom is -0.462 e. The van der Waals surface area contributed by atoms with Crippen LogP contribution in [0.1, 0.15) is 329 Å². The quantitative estimate of drug-likeness (QED) is 0.0261. The number of unbranched alkanes of at least 4 members (excludes halogenated alkanes) is 33. The Hall–Kier alpha value is -3.93. The Morgan fingerprint density at radius 2 is 0.506 bits per heavy atom. The van der Waals surface area contributed by atoms with Crippen LogP contribution in [0.3, 0.4) is 0 Å². The zero-order chi connectivity index (χ0) is 58.5. The summed E-state index contributed by atoms with van der Waals surface area (Å²) >= 11 is 0. The van der Waals surface area contributed by atoms with E-state index in [0.29, 0.717) is 19.3 Å². The van der Waals surface area contributed by atoms with E-state index in [1.165, 1.54) is 180 Å². The Bertz CT molecular complexity index is 1620. The first kappa shape index (κ1) is 77.1. The second-order valence-electron chi connectivity index (χ2n) is 22.7. The summed E-state index contributed by atoms with van der Waals surface area (Å²) in [7, 11) is 0. The Kier molecular flexibility index (Phi) is 65.2. The van der Waals surface area contributed by atoms with E-state index in [2.05, 4.69) is 124 Å². The molecule has 0 aliphatic heterocycles. The van der Waals surface area contributed by atoms with Gasteiger partial charge in [0.05, 0.1) is 0 Å². The van der Waals surface area contributed by atoms with Gasteiger partial charge in [-0.05, 0) is 89.9 Å². The molecular weight excluding hydrogens is 997 g/mol. The maximum atomic E-state index is 12.9. The topological polar surface area (TPSA) is 78.9 Å². The van der Waals surface area contributed by atoms with E-state index in [4.69, 9.17) is 14.2 Å². The van der Waals surface area contributed by atoms with Gasteiger partial charge >= 0.3 is 17.9 Å². The van der Waals surface area contributed by atoms with E-state index in [-0.39, 0.29) is 31.6 Å². The molecular formula is C75H128O6. The average molecular weight is 1130 g/mol. The van der Waals surface area contributed by atoms with Crippen molar-refractivity contribution in [3.05, 3.63) is 109 Å². The van der Waals surface area contributed by atoms with Gasteiger partial charge in [0, 0.05) is 19.3 Å². The van der Waals surface area contributed by atoms with Crippen molar-refractivity contribution in [1.29, 1.82) is 0 Å². The lowest BCUT2D eigenvalue weighted by Gasteiger charge is -2.18. The zero-order valence-corrected chi connectivity index (χ0v) is 53.3. The summed E-state index contributed by atoms with van der Waals surface area (Å²) < 4.78 is 16.8. The van der Waals surface area contributed by atoms with E-state index in [9.17, 15) is 14.4 Å². The van der Waals surface area contributed by atoms with Gasteiger partial charge in [-0.3, -0.25) is 14.4 Å². The molecule has 0 rings (SSSR count). The predicted octanol–water partition coefficient (Wildman–Crippen LogP) is 23.8. The standard InChI is InChI=1S/C75H128O6/c1-4-7-10-13-16-19-22-25-27-29-31-32-33-34-35-36-37-38-39-40-41-42-44-45-47-50-53-56-59-62-65-68-74(77)80-71-72(70-79-73(76)67-64-61-58-55-52-49-24-21-18-15-12-9-6-3)81-75(78)69-66-63-60-57-54-51-48-46-43-30-28-26-23-20-17-14-11-8-5-2/h8-9,11-12,17-18,20-21,26,28,43,46,49,51-52,54,60,63,72H,4-7,10,13-16,19,22-25,27,29-42,44-45,47-48,50,53,55-59,61-62,64-71H2,1-3H3/b11-8-,12-9-,20-17-,21-18-,28-26-,46-43-,52-49-,54-51-,63-60-. The summed E-state index contributed by atoms with van der Waals surface area (Å²) in [6.07, 6.45) is 94.4. The molecule has 0 radical (unpaired) electrons. The summed E-state index contributed by atoms with van der Waals surface area (Å²) in [4.78, 5) is 38.3. The molecule has 0 heterocycles. The van der Waals surface area contributed by atoms with Crippen molar-refractivity contribution in [1.82, 2.24) is 0 Å². The van der Waals surface area contributed by atoms with Gasteiger partial charge in [-0.2, -0.15) is 0 Å². The highest BCUT2D eigenvalue weighted by atomic mass is 16.6. The smallest absolute Gasteiger partial charge is 0.306 e. The van der Waals surface area contributed by atoms with E-state index >= 15 is 0 Å². The van der Waals surface area contributed by atoms with Gasteiger partial charge in [0.1, 0.15) is 13.2 Å². The van der Waals surface area contributed by atoms with Crippen LogP contribution in [0.5, 0.6) is 0 Å². The third-order valence-corrected chi connectivity index (χ3v) is 14.8. The van der Waals surface area contributed by atoms with Crippen LogP contribution >= 0.6 is 0 Å². The number of carbonyl (C=O) groups is 3. The summed E-state index contributed by atoms with van der Waals surface area (Å²) in [5.74, 6) is -1.02. The van der Waals surface area contributed by atoms with Gasteiger partial charge in [-0.1, -0.05) is 329 Å². The molecule has 0 aromatic rings. The number of esters is 3. The number of hydrogen-bond donors (Lipinski definition) is 0. The monoisotopic (exact) mass is 1120 g/mol. The molecule has 0 fully saturated rings. The highest BCUT2D eigenvalue weighted by Crippen LogP contribution is 2.18. The van der Waals surface area contributed by atoms with Crippen LogP contribution in [0.15, 0.2) is 109 Å². The third kappa shape index (κ3) is 66.8. The fraction of sp³-hybridized carbons (Fsp3) is 0.720. The van der Waals surface area contributed by atoms with Crippen LogP contribution in [-0.4, -0.2) is 37.2 Å². The van der Waals surface area contributed by atoms with Crippen LogP contribution < -0.4 is 0 Å². The maximum absolute atomic E-state index is 12.9. The number of hydrogen-bond acceptors (Lipinski definition) is 6. The van der Waals surface area contributed by atoms with Gasteiger partial charge in [0.15, 0.2) is 6.10 Å². The van der Waals surface area contributed by atoms with Crippen molar-refractivity contribution < 1.29 is 28.6 Å². The molecule has 0 saturated carbocycles. The van der Waals surface area contributed by atoms with Gasteiger partial charge in [-0.25, -0.2) is 0 Å². The molecule has 1 atom stereocenters. The molecule has 0 aromatic heterocycles. The van der Waals surface area contributed by atoms with Gasteiger partial charge in [-0.15, -0.1) is 0 Å². The molecule has 6 nitrogen and oxygen atoms in total. The third-order valence-electron chi connectivity index (χ3n) is 14.8. The Balaban J connectivity index is 4.26. The van der Waals surface area contributed by atoms with Crippen molar-refractivity contribution in [2.75, 3.05) is 13.2 Å². The lowest BCUT2D eigenvalue weighted by molar-refractivity contribution is -0.166. The molecule has 0 aliphatic rings. The number of carbonyl (C=O) groups excluding carboxylic acids is 3. The molecule has 0 saturated heterocycles. The molecule has 0 spiro atoms. The molecule has 0 bridgehead atoms. The SMILES string of the molecule is CC/C=C\C/C=C\C/C=C\C/C=C\C/C=C\C/C=C\CCC(=O)OC(COC(=O)CCCCC/C=C\C/C=C\C/C=C\CC)COC(=O)CCCCCCCCCCCCCCCCCCCCCCCCCCCCCCCCC. The number of rotatable bonds is 62. The highest BCUT2D eigenvalue weighted by molar-refractivity contribution is 5.71. The Morgan fingerprint density at radius 3 is 0.802 bits per heavy atom. The van der Waals surface area contributed by atoms with Crippen LogP contribution in [0.4, 0.5) is 0 Å². The lowest BCUT2D eigenvalue weighted by atomic mass is 10.0. The van der Waals surface area contributed by atoms with Crippen molar-refractivity contribution in [2.45, 2.75) is 335 Å². The highest BCUT2D eigenvalue weighted by Gasteiger charge is 2.19. The average Bonchev–Trinajstić information content (AvgIpc) is 3.46. The van der Waals surface area contributed by atoms with Crippen molar-refractivity contribution in [3.63, 3.8) is 0 Å². The van der Waals surface area contributed by atoms with Crippen molar-refractivity contribution in [3.8, 4) is 0 Å². The number of ether oxygens (including phenoxy) is 3. The van der Waals surface area contributed by atoms with Gasteiger partial charge in [0.2, 0.25) is 0 Å². The normalized spacial score (nSPS) is 12.8. The minimum atomic E-state index is -0.833. The van der Waals surface area contributed by atoms with Crippen LogP contribution in [0.2, 0.25) is 0 Å². The second kappa shape index (κ2) is 68.6. The van der Waals surface area contributed by atoms with E-state index in [0.717, 1.165) is 103 Å². The molecule has 81 heavy (non-hydrogen) atoms. The molecule has 0 N–H and O–H groups in total. The summed E-state index contributed by atoms with van der Waals surface area (Å²) in [5, 5.41) is 0. The van der Waals surface area contributed by atoms with Crippen LogP contribution in [-0.2, 0) is 28.6 Å². The lowest BCUT2D eigenvalue weighted by Crippen LogP contribution is -2.30. The first-order chi connectivity index (χ1) is 40.0. The minimum absolute atomic E-state index is 0.117. The van der Waals surface area contributed by atoms with Crippen molar-refractivity contribution >= 4 is 17.9 Å².